The van der Waals surface area contributed by atoms with Crippen LogP contribution >= 0.6 is 11.6 Å². The van der Waals surface area contributed by atoms with E-state index >= 15 is 0 Å². The number of benzene rings is 1. The monoisotopic (exact) mass is 448 g/mol. The summed E-state index contributed by atoms with van der Waals surface area (Å²) in [7, 11) is 0. The molecular formula is C20H16ClF3N6O. The van der Waals surface area contributed by atoms with Crippen LogP contribution in [0.5, 0.6) is 0 Å². The Hall–Kier alpha value is -3.40. The van der Waals surface area contributed by atoms with E-state index in [2.05, 4.69) is 25.3 Å². The number of alkyl halides is 3. The molecule has 3 aromatic heterocycles. The molecule has 0 fully saturated rings. The Morgan fingerprint density at radius 2 is 2.06 bits per heavy atom. The van der Waals surface area contributed by atoms with Crippen molar-refractivity contribution < 1.29 is 13.2 Å². The number of nitrogens with zero attached hydrogens (tertiary/aromatic N) is 4. The topological polar surface area (TPSA) is 88.5 Å². The summed E-state index contributed by atoms with van der Waals surface area (Å²) in [6.45, 7) is 0.575. The lowest BCUT2D eigenvalue weighted by Gasteiger charge is -2.15. The van der Waals surface area contributed by atoms with Gasteiger partial charge in [0.05, 0.1) is 30.0 Å². The van der Waals surface area contributed by atoms with Gasteiger partial charge >= 0.3 is 6.18 Å². The van der Waals surface area contributed by atoms with Crippen molar-refractivity contribution in [2.45, 2.75) is 25.7 Å². The van der Waals surface area contributed by atoms with Crippen LogP contribution in [0.1, 0.15) is 18.5 Å². The van der Waals surface area contributed by atoms with E-state index in [0.29, 0.717) is 16.1 Å². The zero-order valence-electron chi connectivity index (χ0n) is 16.1. The first kappa shape index (κ1) is 20.9. The van der Waals surface area contributed by atoms with Crippen LogP contribution in [0, 0.1) is 0 Å². The fraction of sp³-hybridized carbons (Fsp3) is 0.200. The Morgan fingerprint density at radius 3 is 2.84 bits per heavy atom. The van der Waals surface area contributed by atoms with Crippen LogP contribution in [-0.2, 0) is 6.54 Å². The van der Waals surface area contributed by atoms with Gasteiger partial charge in [-0.1, -0.05) is 11.6 Å². The highest BCUT2D eigenvalue weighted by Gasteiger charge is 2.29. The van der Waals surface area contributed by atoms with Crippen molar-refractivity contribution in [3.63, 3.8) is 0 Å². The number of pyridine rings is 1. The van der Waals surface area contributed by atoms with Crippen LogP contribution in [0.25, 0.3) is 22.3 Å². The Labute approximate surface area is 178 Å². The second-order valence-electron chi connectivity index (χ2n) is 6.94. The summed E-state index contributed by atoms with van der Waals surface area (Å²) >= 11 is 6.03. The summed E-state index contributed by atoms with van der Waals surface area (Å²) in [5, 5.41) is 4.33. The van der Waals surface area contributed by atoms with Crippen LogP contribution in [0.4, 0.5) is 19.1 Å². The molecule has 4 rings (SSSR count). The Bertz CT molecular complexity index is 1300. The summed E-state index contributed by atoms with van der Waals surface area (Å²) in [4.78, 5) is 27.5. The fourth-order valence-corrected chi connectivity index (χ4v) is 3.39. The number of anilines is 1. The standard InChI is InChI=1S/C20H16ClF3N6O/c1-11(14-7-12-6-13(21)2-3-15(12)28-18(14)31)27-19-26-5-4-16(29-19)17-8-25-10-30(17)9-20(22,23)24/h2-8,10-11H,9H2,1H3,(H,28,31)(H,26,27,29). The Balaban J connectivity index is 1.62. The fourth-order valence-electron chi connectivity index (χ4n) is 3.21. The van der Waals surface area contributed by atoms with E-state index in [9.17, 15) is 18.0 Å². The third-order valence-corrected chi connectivity index (χ3v) is 4.86. The minimum absolute atomic E-state index is 0.162. The van der Waals surface area contributed by atoms with E-state index in [1.807, 2.05) is 0 Å². The summed E-state index contributed by atoms with van der Waals surface area (Å²) in [5.74, 6) is 0.162. The number of fused-ring (bicyclic) bond motifs is 1. The van der Waals surface area contributed by atoms with Crippen molar-refractivity contribution in [2.24, 2.45) is 0 Å². The summed E-state index contributed by atoms with van der Waals surface area (Å²) in [6, 6.07) is 7.87. The molecule has 0 bridgehead atoms. The molecule has 0 saturated carbocycles. The lowest BCUT2D eigenvalue weighted by atomic mass is 10.1. The zero-order chi connectivity index (χ0) is 22.2. The van der Waals surface area contributed by atoms with E-state index in [1.165, 1.54) is 18.5 Å². The first-order chi connectivity index (χ1) is 14.7. The number of hydrogen-bond acceptors (Lipinski definition) is 5. The first-order valence-electron chi connectivity index (χ1n) is 9.19. The van der Waals surface area contributed by atoms with E-state index in [0.717, 1.165) is 16.3 Å². The number of imidazole rings is 1. The average Bonchev–Trinajstić information content (AvgIpc) is 3.14. The number of aromatic nitrogens is 5. The summed E-state index contributed by atoms with van der Waals surface area (Å²) < 4.78 is 39.3. The van der Waals surface area contributed by atoms with Crippen molar-refractivity contribution in [2.75, 3.05) is 5.32 Å². The Morgan fingerprint density at radius 1 is 1.26 bits per heavy atom. The van der Waals surface area contributed by atoms with Crippen molar-refractivity contribution >= 4 is 28.5 Å². The van der Waals surface area contributed by atoms with E-state index in [-0.39, 0.29) is 22.9 Å². The number of H-pyrrole nitrogens is 1. The highest BCUT2D eigenvalue weighted by atomic mass is 35.5. The molecule has 7 nitrogen and oxygen atoms in total. The van der Waals surface area contributed by atoms with Gasteiger partial charge in [-0.05, 0) is 37.3 Å². The lowest BCUT2D eigenvalue weighted by molar-refractivity contribution is -0.140. The molecular weight excluding hydrogens is 433 g/mol. The second kappa shape index (κ2) is 8.03. The van der Waals surface area contributed by atoms with E-state index in [4.69, 9.17) is 11.6 Å². The molecule has 0 amide bonds. The van der Waals surface area contributed by atoms with Gasteiger partial charge in [-0.15, -0.1) is 0 Å². The quantitative estimate of drug-likeness (QED) is 0.467. The molecule has 4 aromatic rings. The van der Waals surface area contributed by atoms with Crippen molar-refractivity contribution in [1.82, 2.24) is 24.5 Å². The van der Waals surface area contributed by atoms with Crippen LogP contribution in [0.15, 0.2) is 53.8 Å². The zero-order valence-corrected chi connectivity index (χ0v) is 16.9. The molecule has 1 aromatic carbocycles. The predicted molar refractivity (Wildman–Crippen MR) is 111 cm³/mol. The maximum Gasteiger partial charge on any atom is 0.406 e. The molecule has 0 aliphatic carbocycles. The van der Waals surface area contributed by atoms with Gasteiger partial charge in [0.2, 0.25) is 5.95 Å². The van der Waals surface area contributed by atoms with Crippen molar-refractivity contribution in [1.29, 1.82) is 0 Å². The van der Waals surface area contributed by atoms with Crippen molar-refractivity contribution in [3.05, 3.63) is 70.0 Å². The minimum Gasteiger partial charge on any atom is -0.347 e. The second-order valence-corrected chi connectivity index (χ2v) is 7.38. The molecule has 1 atom stereocenters. The number of halogens is 4. The van der Waals surface area contributed by atoms with Gasteiger partial charge in [0.25, 0.3) is 5.56 Å². The molecule has 3 heterocycles. The van der Waals surface area contributed by atoms with E-state index in [1.54, 1.807) is 31.2 Å². The largest absolute Gasteiger partial charge is 0.406 e. The van der Waals surface area contributed by atoms with Crippen molar-refractivity contribution in [3.8, 4) is 11.4 Å². The van der Waals surface area contributed by atoms with Gasteiger partial charge in [-0.25, -0.2) is 15.0 Å². The number of rotatable bonds is 5. The molecule has 0 aliphatic rings. The third kappa shape index (κ3) is 4.69. The molecule has 0 spiro atoms. The normalized spacial score (nSPS) is 12.8. The molecule has 0 aliphatic heterocycles. The SMILES string of the molecule is CC(Nc1nccc(-c2cncn2CC(F)(F)F)n1)c1cc2cc(Cl)ccc2[nH]c1=O. The molecule has 2 N–H and O–H groups in total. The Kier molecular flexibility index (Phi) is 5.40. The maximum absolute atomic E-state index is 12.8. The van der Waals surface area contributed by atoms with Gasteiger partial charge in [0.15, 0.2) is 0 Å². The van der Waals surface area contributed by atoms with E-state index < -0.39 is 18.8 Å². The van der Waals surface area contributed by atoms with Crippen LogP contribution < -0.4 is 10.9 Å². The van der Waals surface area contributed by atoms with Gasteiger partial charge in [-0.2, -0.15) is 13.2 Å². The molecule has 11 heteroatoms. The molecule has 0 radical (unpaired) electrons. The van der Waals surface area contributed by atoms with Crippen LogP contribution in [-0.4, -0.2) is 30.7 Å². The average molecular weight is 449 g/mol. The highest BCUT2D eigenvalue weighted by molar-refractivity contribution is 6.31. The van der Waals surface area contributed by atoms with Gasteiger partial charge in [-0.3, -0.25) is 4.79 Å². The number of nitrogens with one attached hydrogen (secondary N) is 2. The third-order valence-electron chi connectivity index (χ3n) is 4.63. The maximum atomic E-state index is 12.8. The molecule has 160 valence electrons. The molecule has 0 saturated heterocycles. The minimum atomic E-state index is -4.39. The van der Waals surface area contributed by atoms with Gasteiger partial charge in [0.1, 0.15) is 6.54 Å². The predicted octanol–water partition coefficient (Wildman–Crippen LogP) is 4.57. The van der Waals surface area contributed by atoms with Gasteiger partial charge in [0, 0.05) is 27.7 Å². The lowest BCUT2D eigenvalue weighted by Crippen LogP contribution is -2.20. The number of hydrogen-bond donors (Lipinski definition) is 2. The number of aromatic amines is 1. The molecule has 1 unspecified atom stereocenters. The van der Waals surface area contributed by atoms with Crippen LogP contribution in [0.2, 0.25) is 5.02 Å². The summed E-state index contributed by atoms with van der Waals surface area (Å²) in [6.07, 6.45) is -0.565. The van der Waals surface area contributed by atoms with Crippen LogP contribution in [0.3, 0.4) is 0 Å². The molecule has 31 heavy (non-hydrogen) atoms. The summed E-state index contributed by atoms with van der Waals surface area (Å²) in [5.41, 5.74) is 1.28. The van der Waals surface area contributed by atoms with Gasteiger partial charge < -0.3 is 14.9 Å². The first-order valence-corrected chi connectivity index (χ1v) is 9.57. The highest BCUT2D eigenvalue weighted by Crippen LogP contribution is 2.25. The smallest absolute Gasteiger partial charge is 0.347 e.